The van der Waals surface area contributed by atoms with Crippen molar-refractivity contribution in [3.8, 4) is 0 Å². The second-order valence-electron chi connectivity index (χ2n) is 3.56. The summed E-state index contributed by atoms with van der Waals surface area (Å²) in [5.74, 6) is -0.0607. The van der Waals surface area contributed by atoms with E-state index in [0.717, 1.165) is 0 Å². The highest BCUT2D eigenvalue weighted by Crippen LogP contribution is 2.32. The van der Waals surface area contributed by atoms with E-state index in [-0.39, 0.29) is 11.5 Å². The van der Waals surface area contributed by atoms with Crippen LogP contribution in [0.15, 0.2) is 6.33 Å². The van der Waals surface area contributed by atoms with Crippen LogP contribution in [0.25, 0.3) is 11.2 Å². The van der Waals surface area contributed by atoms with Gasteiger partial charge in [0, 0.05) is 13.7 Å². The zero-order valence-corrected chi connectivity index (χ0v) is 10.4. The summed E-state index contributed by atoms with van der Waals surface area (Å²) in [4.78, 5) is 29.5. The first-order valence-corrected chi connectivity index (χ1v) is 6.58. The first-order chi connectivity index (χ1) is 8.43. The van der Waals surface area contributed by atoms with Crippen LogP contribution < -0.4 is 11.3 Å². The molecule has 0 aromatic carbocycles. The minimum Gasteiger partial charge on any atom is -0.383 e. The van der Waals surface area contributed by atoms with Crippen molar-refractivity contribution in [2.75, 3.05) is 19.5 Å². The van der Waals surface area contributed by atoms with Crippen LogP contribution in [0, 0.1) is 0 Å². The summed E-state index contributed by atoms with van der Waals surface area (Å²) in [5.41, 5.74) is 5.57. The molecule has 0 radical (unpaired) electrons. The van der Waals surface area contributed by atoms with E-state index < -0.39 is 13.2 Å². The van der Waals surface area contributed by atoms with E-state index >= 15 is 0 Å². The second-order valence-corrected chi connectivity index (χ2v) is 5.04. The fourth-order valence-electron chi connectivity index (χ4n) is 1.44. The molecule has 2 aromatic heterocycles. The van der Waals surface area contributed by atoms with Crippen LogP contribution in [0.5, 0.6) is 0 Å². The molecule has 0 aliphatic rings. The van der Waals surface area contributed by atoms with Crippen molar-refractivity contribution in [1.82, 2.24) is 19.5 Å². The topological polar surface area (TPSA) is 136 Å². The van der Waals surface area contributed by atoms with E-state index in [0.29, 0.717) is 18.7 Å². The van der Waals surface area contributed by atoms with Crippen molar-refractivity contribution in [3.63, 3.8) is 0 Å². The van der Waals surface area contributed by atoms with E-state index in [4.69, 9.17) is 20.3 Å². The summed E-state index contributed by atoms with van der Waals surface area (Å²) in [5, 5.41) is 0. The van der Waals surface area contributed by atoms with Crippen LogP contribution in [0.1, 0.15) is 0 Å². The number of nitrogens with zero attached hydrogens (tertiary/aromatic N) is 4. The van der Waals surface area contributed by atoms with Crippen LogP contribution in [0.2, 0.25) is 0 Å². The Labute approximate surface area is 102 Å². The van der Waals surface area contributed by atoms with Gasteiger partial charge in [-0.2, -0.15) is 0 Å². The zero-order chi connectivity index (χ0) is 13.3. The Morgan fingerprint density at radius 3 is 2.83 bits per heavy atom. The molecule has 18 heavy (non-hydrogen) atoms. The molecule has 98 valence electrons. The van der Waals surface area contributed by atoms with Crippen molar-refractivity contribution in [2.45, 2.75) is 6.54 Å². The third-order valence-corrected chi connectivity index (χ3v) is 3.00. The lowest BCUT2D eigenvalue weighted by Gasteiger charge is -2.06. The molecule has 2 rings (SSSR count). The predicted molar refractivity (Wildman–Crippen MR) is 63.3 cm³/mol. The van der Waals surface area contributed by atoms with Gasteiger partial charge in [-0.3, -0.25) is 4.57 Å². The molecule has 10 heteroatoms. The quantitative estimate of drug-likeness (QED) is 0.594. The number of rotatable bonds is 4. The standard InChI is InChI=1S/C8H12N5O4P/c1-17-3-2-13-4-10-5-6(9)11-8(12-7(5)13)18(14,15)16/h4H,2-3H2,1H3,(H2,9,11,12)(H2,14,15,16). The first kappa shape index (κ1) is 12.9. The van der Waals surface area contributed by atoms with Gasteiger partial charge in [0.15, 0.2) is 11.5 Å². The number of fused-ring (bicyclic) bond motifs is 1. The third kappa shape index (κ3) is 2.34. The number of hydrogen-bond donors (Lipinski definition) is 3. The normalized spacial score (nSPS) is 12.2. The maximum atomic E-state index is 11.1. The number of nitrogens with two attached hydrogens (primary N) is 1. The number of ether oxygens (including phenoxy) is 1. The average Bonchev–Trinajstić information content (AvgIpc) is 2.69. The van der Waals surface area contributed by atoms with E-state index in [9.17, 15) is 4.57 Å². The minimum atomic E-state index is -4.55. The third-order valence-electron chi connectivity index (χ3n) is 2.28. The van der Waals surface area contributed by atoms with Crippen molar-refractivity contribution >= 4 is 30.1 Å². The molecule has 0 unspecified atom stereocenters. The van der Waals surface area contributed by atoms with Crippen LogP contribution in [0.4, 0.5) is 5.82 Å². The van der Waals surface area contributed by atoms with Gasteiger partial charge in [-0.1, -0.05) is 0 Å². The van der Waals surface area contributed by atoms with E-state index in [1.165, 1.54) is 6.33 Å². The molecule has 0 aliphatic carbocycles. The molecule has 9 nitrogen and oxygen atoms in total. The monoisotopic (exact) mass is 273 g/mol. The highest BCUT2D eigenvalue weighted by molar-refractivity contribution is 7.59. The Morgan fingerprint density at radius 1 is 1.50 bits per heavy atom. The largest absolute Gasteiger partial charge is 0.393 e. The van der Waals surface area contributed by atoms with Crippen LogP contribution in [0.3, 0.4) is 0 Å². The molecule has 0 amide bonds. The number of hydrogen-bond acceptors (Lipinski definition) is 6. The molecule has 0 saturated carbocycles. The molecular formula is C8H12N5O4P. The molecule has 0 atom stereocenters. The molecular weight excluding hydrogens is 261 g/mol. The van der Waals surface area contributed by atoms with Crippen molar-refractivity contribution in [1.29, 1.82) is 0 Å². The van der Waals surface area contributed by atoms with E-state index in [2.05, 4.69) is 15.0 Å². The minimum absolute atomic E-state index is 0.0607. The second kappa shape index (κ2) is 4.62. The molecule has 0 bridgehead atoms. The summed E-state index contributed by atoms with van der Waals surface area (Å²) < 4.78 is 17.6. The molecule has 4 N–H and O–H groups in total. The smallest absolute Gasteiger partial charge is 0.383 e. The maximum Gasteiger partial charge on any atom is 0.393 e. The van der Waals surface area contributed by atoms with Crippen LogP contribution in [-0.2, 0) is 15.8 Å². The number of methoxy groups -OCH3 is 1. The lowest BCUT2D eigenvalue weighted by molar-refractivity contribution is 0.188. The number of imidazole rings is 1. The van der Waals surface area contributed by atoms with Gasteiger partial charge in [0.1, 0.15) is 5.52 Å². The average molecular weight is 273 g/mol. The molecule has 0 aliphatic heterocycles. The van der Waals surface area contributed by atoms with Crippen molar-refractivity contribution in [2.24, 2.45) is 0 Å². The predicted octanol–water partition coefficient (Wildman–Crippen LogP) is -1.14. The van der Waals surface area contributed by atoms with E-state index in [1.807, 2.05) is 0 Å². The van der Waals surface area contributed by atoms with Gasteiger partial charge in [0.05, 0.1) is 12.9 Å². The summed E-state index contributed by atoms with van der Waals surface area (Å²) >= 11 is 0. The van der Waals surface area contributed by atoms with Gasteiger partial charge in [-0.15, -0.1) is 0 Å². The van der Waals surface area contributed by atoms with E-state index in [1.54, 1.807) is 11.7 Å². The Balaban J connectivity index is 2.57. The molecule has 2 heterocycles. The Kier molecular flexibility index (Phi) is 3.31. The fourth-order valence-corrected chi connectivity index (χ4v) is 1.90. The highest BCUT2D eigenvalue weighted by atomic mass is 31.2. The summed E-state index contributed by atoms with van der Waals surface area (Å²) in [7, 11) is -3.00. The number of anilines is 1. The van der Waals surface area contributed by atoms with Gasteiger partial charge >= 0.3 is 7.60 Å². The van der Waals surface area contributed by atoms with Gasteiger partial charge in [0.25, 0.3) is 0 Å². The fraction of sp³-hybridized carbons (Fsp3) is 0.375. The molecule has 0 spiro atoms. The summed E-state index contributed by atoms with van der Waals surface area (Å²) in [6.45, 7) is 0.866. The maximum absolute atomic E-state index is 11.1. The molecule has 0 saturated heterocycles. The van der Waals surface area contributed by atoms with Crippen LogP contribution in [-0.4, -0.2) is 43.0 Å². The van der Waals surface area contributed by atoms with Crippen LogP contribution >= 0.6 is 7.60 Å². The zero-order valence-electron chi connectivity index (χ0n) is 9.52. The highest BCUT2D eigenvalue weighted by Gasteiger charge is 2.24. The Bertz CT molecular complexity index is 621. The van der Waals surface area contributed by atoms with Gasteiger partial charge in [-0.05, 0) is 0 Å². The molecule has 2 aromatic rings. The Morgan fingerprint density at radius 2 is 2.22 bits per heavy atom. The Hall–Kier alpha value is -1.54. The lowest BCUT2D eigenvalue weighted by atomic mass is 10.5. The number of aromatic nitrogens is 4. The SMILES string of the molecule is COCCn1cnc2c(N)nc(P(=O)(O)O)nc21. The van der Waals surface area contributed by atoms with Crippen molar-refractivity contribution in [3.05, 3.63) is 6.33 Å². The first-order valence-electron chi connectivity index (χ1n) is 4.97. The van der Waals surface area contributed by atoms with Crippen molar-refractivity contribution < 1.29 is 19.1 Å². The number of nitrogen functional groups attached to an aromatic ring is 1. The summed E-state index contributed by atoms with van der Waals surface area (Å²) in [6.07, 6.45) is 1.47. The molecule has 0 fully saturated rings. The lowest BCUT2D eigenvalue weighted by Crippen LogP contribution is -2.17. The summed E-state index contributed by atoms with van der Waals surface area (Å²) in [6, 6.07) is 0. The van der Waals surface area contributed by atoms with Gasteiger partial charge in [0.2, 0.25) is 5.57 Å². The van der Waals surface area contributed by atoms with Gasteiger partial charge in [-0.25, -0.2) is 15.0 Å². The van der Waals surface area contributed by atoms with Gasteiger partial charge < -0.3 is 24.8 Å².